The zero-order valence-electron chi connectivity index (χ0n) is 12.9. The summed E-state index contributed by atoms with van der Waals surface area (Å²) in [6.45, 7) is 1.80. The molecular formula is C17H19N5O. The van der Waals surface area contributed by atoms with Crippen LogP contribution in [0.5, 0.6) is 0 Å². The van der Waals surface area contributed by atoms with Gasteiger partial charge in [-0.1, -0.05) is 30.3 Å². The summed E-state index contributed by atoms with van der Waals surface area (Å²) in [6.07, 6.45) is 5.20. The number of aromatic amines is 1. The van der Waals surface area contributed by atoms with Gasteiger partial charge in [-0.05, 0) is 31.4 Å². The Morgan fingerprint density at radius 2 is 2.09 bits per heavy atom. The van der Waals surface area contributed by atoms with Crippen molar-refractivity contribution in [1.82, 2.24) is 20.0 Å². The minimum absolute atomic E-state index is 0.144. The van der Waals surface area contributed by atoms with Crippen LogP contribution >= 0.6 is 0 Å². The molecule has 118 valence electrons. The van der Waals surface area contributed by atoms with Gasteiger partial charge < -0.3 is 5.32 Å². The molecule has 1 aromatic carbocycles. The van der Waals surface area contributed by atoms with E-state index < -0.39 is 0 Å². The predicted molar refractivity (Wildman–Crippen MR) is 88.0 cm³/mol. The Morgan fingerprint density at radius 1 is 1.26 bits per heavy atom. The number of carbonyl (C=O) groups excluding carboxylic acids is 1. The lowest BCUT2D eigenvalue weighted by atomic mass is 10.1. The second kappa shape index (κ2) is 6.91. The van der Waals surface area contributed by atoms with Gasteiger partial charge >= 0.3 is 0 Å². The Hall–Kier alpha value is -2.89. The number of anilines is 1. The second-order valence-electron chi connectivity index (χ2n) is 5.42. The van der Waals surface area contributed by atoms with E-state index in [1.54, 1.807) is 30.1 Å². The Morgan fingerprint density at radius 3 is 2.83 bits per heavy atom. The number of benzene rings is 1. The Bertz CT molecular complexity index is 748. The SMILES string of the molecule is C[C@@H](C(=O)Nc1cc(CCc2ccccc2)[nH]n1)n1cccn1. The molecule has 0 fully saturated rings. The van der Waals surface area contributed by atoms with Crippen molar-refractivity contribution in [2.45, 2.75) is 25.8 Å². The minimum Gasteiger partial charge on any atom is -0.307 e. The van der Waals surface area contributed by atoms with Gasteiger partial charge in [0.1, 0.15) is 6.04 Å². The lowest BCUT2D eigenvalue weighted by Gasteiger charge is -2.10. The zero-order valence-corrected chi connectivity index (χ0v) is 12.9. The van der Waals surface area contributed by atoms with E-state index in [1.165, 1.54) is 5.56 Å². The number of aromatic nitrogens is 4. The van der Waals surface area contributed by atoms with Gasteiger partial charge in [-0.15, -0.1) is 0 Å². The van der Waals surface area contributed by atoms with Crippen molar-refractivity contribution < 1.29 is 4.79 Å². The lowest BCUT2D eigenvalue weighted by molar-refractivity contribution is -0.119. The molecule has 2 aromatic heterocycles. The average molecular weight is 309 g/mol. The molecule has 6 heteroatoms. The summed E-state index contributed by atoms with van der Waals surface area (Å²) in [6, 6.07) is 13.6. The number of H-pyrrole nitrogens is 1. The van der Waals surface area contributed by atoms with Crippen LogP contribution in [0.15, 0.2) is 54.9 Å². The largest absolute Gasteiger partial charge is 0.307 e. The highest BCUT2D eigenvalue weighted by Gasteiger charge is 2.16. The van der Waals surface area contributed by atoms with Gasteiger partial charge in [0.2, 0.25) is 5.91 Å². The van der Waals surface area contributed by atoms with Crippen molar-refractivity contribution in [3.05, 3.63) is 66.1 Å². The van der Waals surface area contributed by atoms with Gasteiger partial charge in [-0.3, -0.25) is 14.6 Å². The van der Waals surface area contributed by atoms with E-state index in [9.17, 15) is 4.79 Å². The van der Waals surface area contributed by atoms with E-state index in [0.717, 1.165) is 18.5 Å². The first-order valence-corrected chi connectivity index (χ1v) is 7.60. The number of hydrogen-bond acceptors (Lipinski definition) is 3. The van der Waals surface area contributed by atoms with E-state index in [-0.39, 0.29) is 11.9 Å². The first-order chi connectivity index (χ1) is 11.2. The Labute approximate surface area is 134 Å². The molecule has 2 heterocycles. The lowest BCUT2D eigenvalue weighted by Crippen LogP contribution is -2.24. The molecule has 2 N–H and O–H groups in total. The molecule has 0 bridgehead atoms. The molecule has 1 amide bonds. The van der Waals surface area contributed by atoms with Crippen LogP contribution < -0.4 is 5.32 Å². The molecule has 0 aliphatic heterocycles. The van der Waals surface area contributed by atoms with Crippen LogP contribution in [0.25, 0.3) is 0 Å². The van der Waals surface area contributed by atoms with E-state index in [1.807, 2.05) is 24.3 Å². The van der Waals surface area contributed by atoms with Gasteiger partial charge in [0, 0.05) is 24.2 Å². The summed E-state index contributed by atoms with van der Waals surface area (Å²) >= 11 is 0. The van der Waals surface area contributed by atoms with Crippen LogP contribution in [0.4, 0.5) is 5.82 Å². The molecule has 0 saturated carbocycles. The third-order valence-corrected chi connectivity index (χ3v) is 3.71. The van der Waals surface area contributed by atoms with Gasteiger partial charge in [-0.25, -0.2) is 0 Å². The maximum Gasteiger partial charge on any atom is 0.250 e. The van der Waals surface area contributed by atoms with Crippen molar-refractivity contribution in [1.29, 1.82) is 0 Å². The summed E-state index contributed by atoms with van der Waals surface area (Å²) in [4.78, 5) is 12.2. The molecule has 0 radical (unpaired) electrons. The maximum atomic E-state index is 12.2. The highest BCUT2D eigenvalue weighted by atomic mass is 16.2. The van der Waals surface area contributed by atoms with Crippen molar-refractivity contribution in [3.63, 3.8) is 0 Å². The first-order valence-electron chi connectivity index (χ1n) is 7.60. The fourth-order valence-electron chi connectivity index (χ4n) is 2.34. The van der Waals surface area contributed by atoms with Crippen LogP contribution in [-0.4, -0.2) is 25.9 Å². The van der Waals surface area contributed by atoms with E-state index in [4.69, 9.17) is 0 Å². The van der Waals surface area contributed by atoms with Crippen LogP contribution in [0.2, 0.25) is 0 Å². The highest BCUT2D eigenvalue weighted by molar-refractivity contribution is 5.92. The van der Waals surface area contributed by atoms with E-state index in [0.29, 0.717) is 5.82 Å². The molecular weight excluding hydrogens is 290 g/mol. The van der Waals surface area contributed by atoms with Gasteiger partial charge in [0.15, 0.2) is 5.82 Å². The van der Waals surface area contributed by atoms with Crippen LogP contribution in [0, 0.1) is 0 Å². The van der Waals surface area contributed by atoms with Crippen LogP contribution in [0.1, 0.15) is 24.2 Å². The number of carbonyl (C=O) groups is 1. The summed E-state index contributed by atoms with van der Waals surface area (Å²) in [7, 11) is 0. The van der Waals surface area contributed by atoms with Gasteiger partial charge in [-0.2, -0.15) is 10.2 Å². The van der Waals surface area contributed by atoms with Crippen LogP contribution in [0.3, 0.4) is 0 Å². The van der Waals surface area contributed by atoms with E-state index in [2.05, 4.69) is 32.7 Å². The number of amides is 1. The van der Waals surface area contributed by atoms with E-state index >= 15 is 0 Å². The zero-order chi connectivity index (χ0) is 16.1. The fourth-order valence-corrected chi connectivity index (χ4v) is 2.34. The third kappa shape index (κ3) is 3.85. The average Bonchev–Trinajstić information content (AvgIpc) is 3.25. The number of aryl methyl sites for hydroxylation is 2. The Balaban J connectivity index is 1.56. The smallest absolute Gasteiger partial charge is 0.250 e. The molecule has 1 atom stereocenters. The highest BCUT2D eigenvalue weighted by Crippen LogP contribution is 2.12. The summed E-state index contributed by atoms with van der Waals surface area (Å²) in [5.74, 6) is 0.395. The number of nitrogens with one attached hydrogen (secondary N) is 2. The first kappa shape index (κ1) is 15.0. The standard InChI is InChI=1S/C17H19N5O/c1-13(22-11-5-10-18-22)17(23)19-16-12-15(20-21-16)9-8-14-6-3-2-4-7-14/h2-7,10-13H,8-9H2,1H3,(H2,19,20,21,23)/t13-/m0/s1. The second-order valence-corrected chi connectivity index (χ2v) is 5.42. The van der Waals surface area contributed by atoms with Crippen molar-refractivity contribution >= 4 is 11.7 Å². The molecule has 6 nitrogen and oxygen atoms in total. The molecule has 0 aliphatic carbocycles. The predicted octanol–water partition coefficient (Wildman–Crippen LogP) is 2.59. The molecule has 3 rings (SSSR count). The monoisotopic (exact) mass is 309 g/mol. The summed E-state index contributed by atoms with van der Waals surface area (Å²) in [5.41, 5.74) is 2.27. The third-order valence-electron chi connectivity index (χ3n) is 3.71. The molecule has 0 unspecified atom stereocenters. The normalized spacial score (nSPS) is 12.0. The number of nitrogens with zero attached hydrogens (tertiary/aromatic N) is 3. The minimum atomic E-state index is -0.380. The molecule has 0 spiro atoms. The molecule has 0 aliphatic rings. The molecule has 3 aromatic rings. The quantitative estimate of drug-likeness (QED) is 0.735. The van der Waals surface area contributed by atoms with Gasteiger partial charge in [0.05, 0.1) is 0 Å². The Kier molecular flexibility index (Phi) is 4.52. The van der Waals surface area contributed by atoms with Crippen molar-refractivity contribution in [2.24, 2.45) is 0 Å². The van der Waals surface area contributed by atoms with Crippen LogP contribution in [-0.2, 0) is 17.6 Å². The molecule has 0 saturated heterocycles. The van der Waals surface area contributed by atoms with Gasteiger partial charge in [0.25, 0.3) is 0 Å². The fraction of sp³-hybridized carbons (Fsp3) is 0.235. The summed E-state index contributed by atoms with van der Waals surface area (Å²) < 4.78 is 1.61. The maximum absolute atomic E-state index is 12.2. The number of hydrogen-bond donors (Lipinski definition) is 2. The summed E-state index contributed by atoms with van der Waals surface area (Å²) in [5, 5.41) is 14.0. The number of rotatable bonds is 6. The van der Waals surface area contributed by atoms with Crippen molar-refractivity contribution in [3.8, 4) is 0 Å². The van der Waals surface area contributed by atoms with Crippen molar-refractivity contribution in [2.75, 3.05) is 5.32 Å². The molecule has 23 heavy (non-hydrogen) atoms. The topological polar surface area (TPSA) is 75.6 Å².